The highest BCUT2D eigenvalue weighted by Gasteiger charge is 2.19. The molecule has 0 saturated carbocycles. The molecule has 4 heteroatoms. The highest BCUT2D eigenvalue weighted by molar-refractivity contribution is 5.91. The van der Waals surface area contributed by atoms with Gasteiger partial charge in [-0.25, -0.2) is 0 Å². The lowest BCUT2D eigenvalue weighted by atomic mass is 9.98. The molecule has 22 heavy (non-hydrogen) atoms. The minimum Gasteiger partial charge on any atom is -0.352 e. The van der Waals surface area contributed by atoms with Crippen LogP contribution < -0.4 is 0 Å². The van der Waals surface area contributed by atoms with Crippen molar-refractivity contribution in [2.75, 3.05) is 0 Å². The quantitative estimate of drug-likeness (QED) is 0.614. The fourth-order valence-corrected chi connectivity index (χ4v) is 2.55. The minimum absolute atomic E-state index is 0.690. The van der Waals surface area contributed by atoms with E-state index >= 15 is 0 Å². The number of rotatable bonds is 3. The van der Waals surface area contributed by atoms with Crippen molar-refractivity contribution in [3.05, 3.63) is 73.1 Å². The van der Waals surface area contributed by atoms with E-state index in [0.29, 0.717) is 5.69 Å². The molecule has 4 aromatic rings. The summed E-state index contributed by atoms with van der Waals surface area (Å²) in [5, 5.41) is 7.67. The van der Waals surface area contributed by atoms with Gasteiger partial charge in [-0.3, -0.25) is 0 Å². The van der Waals surface area contributed by atoms with Gasteiger partial charge in [-0.1, -0.05) is 60.7 Å². The molecule has 4 rings (SSSR count). The molecule has 1 radical (unpaired) electrons. The van der Waals surface area contributed by atoms with Gasteiger partial charge in [0, 0.05) is 16.4 Å². The fraction of sp³-hybridized carbons (Fsp3) is 0. The van der Waals surface area contributed by atoms with Crippen molar-refractivity contribution in [2.45, 2.75) is 0 Å². The first-order chi connectivity index (χ1) is 10.9. The number of hydrogen-bond donors (Lipinski definition) is 1. The van der Waals surface area contributed by atoms with Crippen molar-refractivity contribution in [1.29, 1.82) is 0 Å². The summed E-state index contributed by atoms with van der Waals surface area (Å²) in [5.41, 5.74) is 5.68. The topological polar surface area (TPSA) is 54.7 Å². The second-order valence-electron chi connectivity index (χ2n) is 4.90. The van der Waals surface area contributed by atoms with E-state index in [0.717, 1.165) is 27.9 Å². The normalized spacial score (nSPS) is 10.7. The number of benzene rings is 2. The van der Waals surface area contributed by atoms with Crippen LogP contribution in [0.3, 0.4) is 0 Å². The number of aromatic amines is 1. The summed E-state index contributed by atoms with van der Waals surface area (Å²) in [4.78, 5) is 3.24. The van der Waals surface area contributed by atoms with Gasteiger partial charge in [-0.15, -0.1) is 5.10 Å². The highest BCUT2D eigenvalue weighted by Crippen LogP contribution is 2.38. The Morgan fingerprint density at radius 2 is 1.55 bits per heavy atom. The Morgan fingerprint density at radius 1 is 0.864 bits per heavy atom. The Morgan fingerprint density at radius 3 is 2.18 bits per heavy atom. The molecule has 0 bridgehead atoms. The fourth-order valence-electron chi connectivity index (χ4n) is 2.55. The van der Waals surface area contributed by atoms with E-state index in [9.17, 15) is 0 Å². The molecule has 0 aliphatic rings. The average Bonchev–Trinajstić information content (AvgIpc) is 3.25. The predicted molar refractivity (Wildman–Crippen MR) is 83.8 cm³/mol. The van der Waals surface area contributed by atoms with E-state index in [1.54, 1.807) is 6.26 Å². The number of H-pyrrole nitrogens is 1. The number of hydrogen-bond acceptors (Lipinski definition) is 3. The van der Waals surface area contributed by atoms with Gasteiger partial charge in [0.25, 0.3) is 0 Å². The summed E-state index contributed by atoms with van der Waals surface area (Å²) >= 11 is 0. The zero-order valence-corrected chi connectivity index (χ0v) is 11.7. The highest BCUT2D eigenvalue weighted by atomic mass is 16.5. The molecule has 1 N–H and O–H groups in total. The van der Waals surface area contributed by atoms with Crippen LogP contribution in [-0.2, 0) is 0 Å². The summed E-state index contributed by atoms with van der Waals surface area (Å²) in [7, 11) is 0. The first-order valence-electron chi connectivity index (χ1n) is 6.95. The van der Waals surface area contributed by atoms with Crippen molar-refractivity contribution < 1.29 is 4.52 Å². The molecule has 2 heterocycles. The molecule has 0 atom stereocenters. The van der Waals surface area contributed by atoms with E-state index in [1.165, 1.54) is 0 Å². The number of nitrogens with one attached hydrogen (secondary N) is 1. The van der Waals surface area contributed by atoms with Gasteiger partial charge in [0.05, 0.1) is 11.9 Å². The molecular formula is C18H12N3O. The van der Waals surface area contributed by atoms with Crippen LogP contribution in [0.4, 0.5) is 0 Å². The Balaban J connectivity index is 1.96. The summed E-state index contributed by atoms with van der Waals surface area (Å²) in [6.45, 7) is 0. The van der Waals surface area contributed by atoms with Crippen LogP contribution in [-0.4, -0.2) is 15.4 Å². The third-order valence-electron chi connectivity index (χ3n) is 3.55. The Labute approximate surface area is 127 Å². The molecule has 0 fully saturated rings. The largest absolute Gasteiger partial charge is 0.352 e. The van der Waals surface area contributed by atoms with Crippen LogP contribution in [0.15, 0.2) is 71.4 Å². The van der Waals surface area contributed by atoms with Gasteiger partial charge in [-0.2, -0.15) is 0 Å². The zero-order chi connectivity index (χ0) is 14.8. The summed E-state index contributed by atoms with van der Waals surface area (Å²) < 4.78 is 4.93. The molecular weight excluding hydrogens is 274 g/mol. The molecule has 0 unspecified atom stereocenters. The van der Waals surface area contributed by atoms with Crippen molar-refractivity contribution in [2.24, 2.45) is 0 Å². The summed E-state index contributed by atoms with van der Waals surface area (Å²) in [6.07, 6.45) is 4.79. The first kappa shape index (κ1) is 12.6. The zero-order valence-electron chi connectivity index (χ0n) is 11.7. The van der Waals surface area contributed by atoms with E-state index in [1.807, 2.05) is 60.7 Å². The molecule has 0 saturated heterocycles. The first-order valence-corrected chi connectivity index (χ1v) is 6.95. The van der Waals surface area contributed by atoms with E-state index in [2.05, 4.69) is 21.6 Å². The maximum Gasteiger partial charge on any atom is 0.152 e. The number of nitrogens with zero attached hydrogens (tertiary/aromatic N) is 2. The maximum absolute atomic E-state index is 4.93. The molecule has 0 aliphatic heterocycles. The van der Waals surface area contributed by atoms with Crippen molar-refractivity contribution >= 4 is 0 Å². The third-order valence-corrected chi connectivity index (χ3v) is 3.55. The van der Waals surface area contributed by atoms with Gasteiger partial charge in [0.15, 0.2) is 6.26 Å². The lowest BCUT2D eigenvalue weighted by Crippen LogP contribution is -1.85. The second kappa shape index (κ2) is 5.33. The predicted octanol–water partition coefficient (Wildman–Crippen LogP) is 4.20. The molecule has 0 amide bonds. The summed E-state index contributed by atoms with van der Waals surface area (Å²) in [6, 6.07) is 20.2. The Hall–Kier alpha value is -3.14. The third kappa shape index (κ3) is 2.11. The van der Waals surface area contributed by atoms with Gasteiger partial charge in [0.1, 0.15) is 5.69 Å². The van der Waals surface area contributed by atoms with Crippen LogP contribution in [0.1, 0.15) is 0 Å². The standard InChI is InChI=1S/C18H12N3O/c1-3-7-13(8-4-1)15-11-19-18(14-9-5-2-6-10-14)17(15)16-12-22-21-20-16/h1-10,12,19H. The SMILES string of the molecule is [c]1[nH]c(-c2ccccc2)c(-c2conn2)c1-c1ccccc1. The van der Waals surface area contributed by atoms with Crippen LogP contribution in [0.25, 0.3) is 33.6 Å². The van der Waals surface area contributed by atoms with Crippen LogP contribution >= 0.6 is 0 Å². The molecule has 4 nitrogen and oxygen atoms in total. The van der Waals surface area contributed by atoms with Crippen molar-refractivity contribution in [1.82, 2.24) is 15.4 Å². The Bertz CT molecular complexity index is 808. The average molecular weight is 286 g/mol. The molecule has 105 valence electrons. The van der Waals surface area contributed by atoms with Gasteiger partial charge >= 0.3 is 0 Å². The van der Waals surface area contributed by atoms with Crippen molar-refractivity contribution in [3.63, 3.8) is 0 Å². The monoisotopic (exact) mass is 286 g/mol. The lowest BCUT2D eigenvalue weighted by Gasteiger charge is -2.04. The summed E-state index contributed by atoms with van der Waals surface area (Å²) in [5.74, 6) is 0. The van der Waals surface area contributed by atoms with Gasteiger partial charge in [-0.05, 0) is 11.1 Å². The molecule has 2 aromatic carbocycles. The van der Waals surface area contributed by atoms with Gasteiger partial charge < -0.3 is 9.51 Å². The number of aromatic nitrogens is 3. The second-order valence-corrected chi connectivity index (χ2v) is 4.90. The van der Waals surface area contributed by atoms with E-state index in [4.69, 9.17) is 4.52 Å². The van der Waals surface area contributed by atoms with Gasteiger partial charge in [0.2, 0.25) is 0 Å². The van der Waals surface area contributed by atoms with Crippen LogP contribution in [0, 0.1) is 6.20 Å². The lowest BCUT2D eigenvalue weighted by molar-refractivity contribution is 0.393. The van der Waals surface area contributed by atoms with E-state index in [-0.39, 0.29) is 0 Å². The maximum atomic E-state index is 4.93. The Kier molecular flexibility index (Phi) is 3.05. The minimum atomic E-state index is 0.690. The van der Waals surface area contributed by atoms with Crippen molar-refractivity contribution in [3.8, 4) is 33.6 Å². The smallest absolute Gasteiger partial charge is 0.152 e. The molecule has 0 spiro atoms. The van der Waals surface area contributed by atoms with E-state index < -0.39 is 0 Å². The molecule has 0 aliphatic carbocycles. The van der Waals surface area contributed by atoms with Crippen LogP contribution in [0.2, 0.25) is 0 Å². The molecule has 2 aromatic heterocycles. The van der Waals surface area contributed by atoms with Crippen LogP contribution in [0.5, 0.6) is 0 Å².